The predicted octanol–water partition coefficient (Wildman–Crippen LogP) is 0.830. The summed E-state index contributed by atoms with van der Waals surface area (Å²) in [5.74, 6) is -0.878. The van der Waals surface area contributed by atoms with Crippen LogP contribution in [0.15, 0.2) is 5.51 Å². The van der Waals surface area contributed by atoms with Gasteiger partial charge in [0.05, 0.1) is 16.5 Å². The average molecular weight is 276 g/mol. The van der Waals surface area contributed by atoms with Crippen molar-refractivity contribution >= 4 is 32.1 Å². The van der Waals surface area contributed by atoms with E-state index in [1.54, 1.807) is 0 Å². The number of rotatable bonds is 4. The van der Waals surface area contributed by atoms with Crippen LogP contribution in [0.3, 0.4) is 0 Å². The molecule has 0 amide bonds. The Morgan fingerprint density at radius 1 is 1.65 bits per heavy atom. The molecule has 1 aliphatic rings. The third-order valence-corrected chi connectivity index (χ3v) is 5.78. The molecule has 0 aromatic carbocycles. The van der Waals surface area contributed by atoms with E-state index in [4.69, 9.17) is 5.11 Å². The fourth-order valence-electron chi connectivity index (χ4n) is 1.82. The molecule has 0 spiro atoms. The van der Waals surface area contributed by atoms with E-state index in [1.165, 1.54) is 5.51 Å². The van der Waals surface area contributed by atoms with E-state index in [2.05, 4.69) is 10.3 Å². The molecule has 2 heterocycles. The lowest BCUT2D eigenvalue weighted by atomic mass is 10.2. The van der Waals surface area contributed by atoms with Crippen molar-refractivity contribution in [2.45, 2.75) is 18.1 Å². The molecule has 0 saturated carbocycles. The number of aromatic carboxylic acids is 1. The molecule has 1 saturated heterocycles. The topological polar surface area (TPSA) is 96.4 Å². The molecular formula is C9H12N2O4S2. The lowest BCUT2D eigenvalue weighted by Gasteiger charge is -2.10. The van der Waals surface area contributed by atoms with Gasteiger partial charge in [-0.25, -0.2) is 18.2 Å². The highest BCUT2D eigenvalue weighted by atomic mass is 32.2. The van der Waals surface area contributed by atoms with Gasteiger partial charge in [0.1, 0.15) is 5.00 Å². The number of carboxylic acid groups (broad SMARTS) is 1. The summed E-state index contributed by atoms with van der Waals surface area (Å²) < 4.78 is 23.1. The van der Waals surface area contributed by atoms with Gasteiger partial charge in [0.25, 0.3) is 0 Å². The molecular weight excluding hydrogens is 264 g/mol. The van der Waals surface area contributed by atoms with Gasteiger partial charge in [-0.2, -0.15) is 0 Å². The molecule has 0 bridgehead atoms. The molecule has 17 heavy (non-hydrogen) atoms. The first-order chi connectivity index (χ1) is 8.00. The highest BCUT2D eigenvalue weighted by molar-refractivity contribution is 7.92. The molecule has 1 aromatic rings. The van der Waals surface area contributed by atoms with Crippen molar-refractivity contribution in [1.29, 1.82) is 0 Å². The van der Waals surface area contributed by atoms with E-state index in [0.29, 0.717) is 17.8 Å². The van der Waals surface area contributed by atoms with E-state index < -0.39 is 21.1 Å². The average Bonchev–Trinajstić information content (AvgIpc) is 2.81. The number of aromatic nitrogens is 1. The van der Waals surface area contributed by atoms with Crippen LogP contribution in [0.5, 0.6) is 0 Å². The summed E-state index contributed by atoms with van der Waals surface area (Å²) in [6.07, 6.45) is 1.32. The first-order valence-electron chi connectivity index (χ1n) is 5.13. The number of nitrogens with zero attached hydrogens (tertiary/aromatic N) is 1. The molecule has 1 unspecified atom stereocenters. The van der Waals surface area contributed by atoms with E-state index in [-0.39, 0.29) is 18.0 Å². The van der Waals surface area contributed by atoms with Crippen LogP contribution in [0.4, 0.5) is 5.00 Å². The van der Waals surface area contributed by atoms with Crippen molar-refractivity contribution in [3.63, 3.8) is 0 Å². The van der Waals surface area contributed by atoms with E-state index >= 15 is 0 Å². The van der Waals surface area contributed by atoms with Crippen LogP contribution in [0.1, 0.15) is 23.3 Å². The number of thiazole rings is 1. The molecule has 8 heteroatoms. The quantitative estimate of drug-likeness (QED) is 0.845. The van der Waals surface area contributed by atoms with Crippen molar-refractivity contribution in [3.8, 4) is 0 Å². The number of hydrogen-bond acceptors (Lipinski definition) is 6. The fourth-order valence-corrected chi connectivity index (χ4v) is 4.27. The molecule has 1 aromatic heterocycles. The Morgan fingerprint density at radius 2 is 2.41 bits per heavy atom. The van der Waals surface area contributed by atoms with Crippen LogP contribution in [-0.2, 0) is 9.84 Å². The lowest BCUT2D eigenvalue weighted by molar-refractivity contribution is 0.0692. The summed E-state index contributed by atoms with van der Waals surface area (Å²) in [6.45, 7) is 0.255. The van der Waals surface area contributed by atoms with Gasteiger partial charge in [0.15, 0.2) is 15.5 Å². The summed E-state index contributed by atoms with van der Waals surface area (Å²) in [4.78, 5) is 14.5. The highest BCUT2D eigenvalue weighted by Crippen LogP contribution is 2.24. The number of nitrogens with one attached hydrogen (secondary N) is 1. The van der Waals surface area contributed by atoms with Crippen molar-refractivity contribution in [2.75, 3.05) is 17.6 Å². The van der Waals surface area contributed by atoms with Gasteiger partial charge < -0.3 is 10.4 Å². The monoisotopic (exact) mass is 276 g/mol. The highest BCUT2D eigenvalue weighted by Gasteiger charge is 2.31. The molecule has 1 fully saturated rings. The maximum Gasteiger partial charge on any atom is 0.357 e. The molecule has 1 atom stereocenters. The Balaban J connectivity index is 2.03. The van der Waals surface area contributed by atoms with Crippen molar-refractivity contribution in [2.24, 2.45) is 0 Å². The van der Waals surface area contributed by atoms with Gasteiger partial charge in [0.2, 0.25) is 0 Å². The first kappa shape index (κ1) is 12.3. The van der Waals surface area contributed by atoms with Crippen molar-refractivity contribution in [1.82, 2.24) is 4.98 Å². The lowest BCUT2D eigenvalue weighted by Crippen LogP contribution is -2.25. The molecule has 6 nitrogen and oxygen atoms in total. The summed E-state index contributed by atoms with van der Waals surface area (Å²) in [5, 5.41) is 11.7. The fraction of sp³-hybridized carbons (Fsp3) is 0.556. The summed E-state index contributed by atoms with van der Waals surface area (Å²) in [6, 6.07) is 0. The minimum atomic E-state index is -3.00. The van der Waals surface area contributed by atoms with E-state index in [0.717, 1.165) is 11.3 Å². The summed E-state index contributed by atoms with van der Waals surface area (Å²) in [7, 11) is -3.00. The van der Waals surface area contributed by atoms with Crippen LogP contribution in [0.25, 0.3) is 0 Å². The van der Waals surface area contributed by atoms with Gasteiger partial charge in [-0.1, -0.05) is 0 Å². The van der Waals surface area contributed by atoms with Gasteiger partial charge >= 0.3 is 5.97 Å². The summed E-state index contributed by atoms with van der Waals surface area (Å²) in [5.41, 5.74) is 1.37. The Hall–Kier alpha value is -1.15. The van der Waals surface area contributed by atoms with Crippen LogP contribution in [0, 0.1) is 0 Å². The number of sulfone groups is 1. The van der Waals surface area contributed by atoms with Crippen LogP contribution >= 0.6 is 11.3 Å². The van der Waals surface area contributed by atoms with Crippen LogP contribution < -0.4 is 5.32 Å². The minimum absolute atomic E-state index is 0.0506. The maximum atomic E-state index is 11.6. The molecule has 0 aliphatic carbocycles. The Bertz CT molecular complexity index is 523. The SMILES string of the molecule is O=C(O)c1ncsc1NCC1CCCS1(=O)=O. The molecule has 1 aliphatic heterocycles. The summed E-state index contributed by atoms with van der Waals surface area (Å²) >= 11 is 1.16. The number of carbonyl (C=O) groups is 1. The molecule has 94 valence electrons. The Morgan fingerprint density at radius 3 is 3.00 bits per heavy atom. The zero-order chi connectivity index (χ0) is 12.5. The standard InChI is InChI=1S/C9H12N2O4S2/c12-9(13)7-8(16-5-11-7)10-4-6-2-1-3-17(6,14)15/h5-6,10H,1-4H2,(H,12,13). The molecule has 2 N–H and O–H groups in total. The van der Waals surface area contributed by atoms with Gasteiger partial charge in [0, 0.05) is 6.54 Å². The van der Waals surface area contributed by atoms with Gasteiger partial charge in [-0.05, 0) is 12.8 Å². The number of carboxylic acids is 1. The number of anilines is 1. The van der Waals surface area contributed by atoms with Crippen molar-refractivity contribution < 1.29 is 18.3 Å². The normalized spacial score (nSPS) is 22.5. The third kappa shape index (κ3) is 2.58. The van der Waals surface area contributed by atoms with E-state index in [9.17, 15) is 13.2 Å². The Kier molecular flexibility index (Phi) is 3.34. The van der Waals surface area contributed by atoms with Gasteiger partial charge in [-0.3, -0.25) is 0 Å². The first-order valence-corrected chi connectivity index (χ1v) is 7.72. The Labute approximate surface area is 103 Å². The van der Waals surface area contributed by atoms with Crippen LogP contribution in [-0.4, -0.2) is 42.0 Å². The zero-order valence-electron chi connectivity index (χ0n) is 8.92. The largest absolute Gasteiger partial charge is 0.476 e. The maximum absolute atomic E-state index is 11.6. The minimum Gasteiger partial charge on any atom is -0.476 e. The number of hydrogen-bond donors (Lipinski definition) is 2. The second kappa shape index (κ2) is 4.61. The van der Waals surface area contributed by atoms with Crippen LogP contribution in [0.2, 0.25) is 0 Å². The molecule has 2 rings (SSSR count). The van der Waals surface area contributed by atoms with Gasteiger partial charge in [-0.15, -0.1) is 11.3 Å². The predicted molar refractivity (Wildman–Crippen MR) is 64.4 cm³/mol. The zero-order valence-corrected chi connectivity index (χ0v) is 10.6. The third-order valence-electron chi connectivity index (χ3n) is 2.72. The molecule has 0 radical (unpaired) electrons. The smallest absolute Gasteiger partial charge is 0.357 e. The second-order valence-corrected chi connectivity index (χ2v) is 7.10. The van der Waals surface area contributed by atoms with E-state index in [1.807, 2.05) is 0 Å². The second-order valence-electron chi connectivity index (χ2n) is 3.85. The van der Waals surface area contributed by atoms with Crippen molar-refractivity contribution in [3.05, 3.63) is 11.2 Å².